The minimum atomic E-state index is -0.531. The van der Waals surface area contributed by atoms with E-state index < -0.39 is 11.7 Å². The van der Waals surface area contributed by atoms with Crippen LogP contribution in [0.1, 0.15) is 26.2 Å². The molecule has 0 radical (unpaired) electrons. The van der Waals surface area contributed by atoms with Gasteiger partial charge in [-0.3, -0.25) is 9.59 Å². The number of carbonyl (C=O) groups is 2. The minimum absolute atomic E-state index is 0.214. The van der Waals surface area contributed by atoms with Crippen molar-refractivity contribution in [1.29, 1.82) is 0 Å². The van der Waals surface area contributed by atoms with Crippen molar-refractivity contribution in [2.45, 2.75) is 26.2 Å². The predicted molar refractivity (Wildman–Crippen MR) is 146 cm³/mol. The van der Waals surface area contributed by atoms with Crippen LogP contribution in [0, 0.1) is 11.7 Å². The van der Waals surface area contributed by atoms with E-state index in [0.717, 1.165) is 12.8 Å². The predicted octanol–water partition coefficient (Wildman–Crippen LogP) is 2.40. The fourth-order valence-electron chi connectivity index (χ4n) is 3.91. The smallest absolute Gasteiger partial charge is 0.233 e. The van der Waals surface area contributed by atoms with Crippen LogP contribution < -0.4 is 31.1 Å². The lowest BCUT2D eigenvalue weighted by Gasteiger charge is -2.22. The molecule has 3 N–H and O–H groups in total. The number of nitrogens with one attached hydrogen (secondary N) is 3. The van der Waals surface area contributed by atoms with Crippen LogP contribution in [0.5, 0.6) is 5.75 Å². The normalized spacial score (nSPS) is 14.7. The number of halogens is 1. The van der Waals surface area contributed by atoms with Gasteiger partial charge in [-0.1, -0.05) is 6.58 Å². The molecule has 1 aliphatic rings. The first-order chi connectivity index (χ1) is 18.4. The third-order valence-electron chi connectivity index (χ3n) is 5.88. The zero-order valence-corrected chi connectivity index (χ0v) is 21.8. The Kier molecular flexibility index (Phi) is 11.3. The summed E-state index contributed by atoms with van der Waals surface area (Å²) < 4.78 is 30.8. The monoisotopic (exact) mass is 526 g/mol. The molecular weight excluding hydrogens is 491 g/mol. The van der Waals surface area contributed by atoms with E-state index >= 15 is 0 Å². The highest BCUT2D eigenvalue weighted by Gasteiger charge is 2.16. The van der Waals surface area contributed by atoms with Crippen LogP contribution in [0.15, 0.2) is 41.4 Å². The van der Waals surface area contributed by atoms with Crippen molar-refractivity contribution in [3.63, 3.8) is 0 Å². The number of benzene rings is 2. The maximum absolute atomic E-state index is 15.0. The van der Waals surface area contributed by atoms with Crippen molar-refractivity contribution in [2.75, 3.05) is 50.7 Å². The van der Waals surface area contributed by atoms with Crippen molar-refractivity contribution in [3.8, 4) is 5.75 Å². The molecule has 1 heterocycles. The Morgan fingerprint density at radius 1 is 1.11 bits per heavy atom. The molecule has 0 saturated carbocycles. The van der Waals surface area contributed by atoms with E-state index in [1.165, 1.54) is 6.07 Å². The fraction of sp³-hybridized carbons (Fsp3) is 0.393. The summed E-state index contributed by atoms with van der Waals surface area (Å²) in [5, 5.41) is 9.26. The summed E-state index contributed by atoms with van der Waals surface area (Å²) in [5.41, 5.74) is 1.15. The lowest BCUT2D eigenvalue weighted by atomic mass is 10.0. The molecule has 0 unspecified atom stereocenters. The van der Waals surface area contributed by atoms with Gasteiger partial charge in [0.05, 0.1) is 11.8 Å². The van der Waals surface area contributed by atoms with Crippen LogP contribution in [0.4, 0.5) is 15.8 Å². The molecule has 2 aromatic rings. The van der Waals surface area contributed by atoms with Gasteiger partial charge >= 0.3 is 0 Å². The van der Waals surface area contributed by atoms with Gasteiger partial charge < -0.3 is 30.2 Å². The molecule has 2 amide bonds. The number of nitrogens with zero attached hydrogens (tertiary/aromatic N) is 1. The summed E-state index contributed by atoms with van der Waals surface area (Å²) in [6, 6.07) is 9.72. The minimum Gasteiger partial charge on any atom is -0.491 e. The van der Waals surface area contributed by atoms with Gasteiger partial charge in [0.25, 0.3) is 0 Å². The van der Waals surface area contributed by atoms with Crippen LogP contribution in [0.3, 0.4) is 0 Å². The number of aliphatic imine (C=N–C) groups is 1. The quantitative estimate of drug-likeness (QED) is 0.223. The average Bonchev–Trinajstić information content (AvgIpc) is 2.89. The Labute approximate surface area is 221 Å². The molecule has 0 bridgehead atoms. The molecule has 1 saturated heterocycles. The van der Waals surface area contributed by atoms with Gasteiger partial charge in [0, 0.05) is 50.5 Å². The van der Waals surface area contributed by atoms with Crippen molar-refractivity contribution in [2.24, 2.45) is 10.9 Å². The highest BCUT2D eigenvalue weighted by atomic mass is 19.1. The second-order valence-corrected chi connectivity index (χ2v) is 8.80. The van der Waals surface area contributed by atoms with Crippen molar-refractivity contribution >= 4 is 41.8 Å². The zero-order valence-electron chi connectivity index (χ0n) is 21.8. The Morgan fingerprint density at radius 2 is 1.79 bits per heavy atom. The number of hydrogen-bond acceptors (Lipinski definition) is 7. The van der Waals surface area contributed by atoms with Crippen LogP contribution >= 0.6 is 0 Å². The van der Waals surface area contributed by atoms with Gasteiger partial charge in [-0.2, -0.15) is 0 Å². The van der Waals surface area contributed by atoms with E-state index in [1.807, 2.05) is 0 Å². The molecule has 1 aliphatic heterocycles. The summed E-state index contributed by atoms with van der Waals surface area (Å²) in [4.78, 5) is 28.7. The molecule has 3 rings (SSSR count). The van der Waals surface area contributed by atoms with E-state index in [-0.39, 0.29) is 23.4 Å². The zero-order chi connectivity index (χ0) is 27.3. The third-order valence-corrected chi connectivity index (χ3v) is 5.88. The van der Waals surface area contributed by atoms with Crippen LogP contribution in [0.2, 0.25) is 0 Å². The molecule has 2 aromatic carbocycles. The molecule has 0 aromatic heterocycles. The van der Waals surface area contributed by atoms with E-state index in [2.05, 4.69) is 27.5 Å². The van der Waals surface area contributed by atoms with E-state index in [1.54, 1.807) is 50.6 Å². The molecule has 204 valence electrons. The Hall–Kier alpha value is -3.76. The molecule has 0 spiro atoms. The second-order valence-electron chi connectivity index (χ2n) is 8.80. The van der Waals surface area contributed by atoms with Crippen molar-refractivity contribution in [1.82, 2.24) is 5.32 Å². The summed E-state index contributed by atoms with van der Waals surface area (Å²) in [6.45, 7) is 8.32. The van der Waals surface area contributed by atoms with Gasteiger partial charge in [-0.25, -0.2) is 9.38 Å². The number of hydrogen-bond donors (Lipinski definition) is 3. The van der Waals surface area contributed by atoms with Gasteiger partial charge in [-0.15, -0.1) is 0 Å². The maximum Gasteiger partial charge on any atom is 0.233 e. The van der Waals surface area contributed by atoms with Crippen molar-refractivity contribution in [3.05, 3.63) is 52.7 Å². The fourth-order valence-corrected chi connectivity index (χ4v) is 3.91. The molecule has 1 fully saturated rings. The highest BCUT2D eigenvalue weighted by molar-refractivity contribution is 6.03. The SMILES string of the molecule is C=c1cc(OCCOC)cc(F)/c1=C(/N=C\C)Nc1ccc(NC(=O)CC(=O)NCC2CCOCC2)cc1. The maximum atomic E-state index is 15.0. The average molecular weight is 527 g/mol. The summed E-state index contributed by atoms with van der Waals surface area (Å²) in [7, 11) is 1.56. The number of amides is 2. The molecule has 0 atom stereocenters. The lowest BCUT2D eigenvalue weighted by molar-refractivity contribution is -0.127. The number of ether oxygens (including phenoxy) is 3. The Morgan fingerprint density at radius 3 is 2.42 bits per heavy atom. The van der Waals surface area contributed by atoms with E-state index in [9.17, 15) is 14.0 Å². The van der Waals surface area contributed by atoms with Crippen molar-refractivity contribution < 1.29 is 28.2 Å². The van der Waals surface area contributed by atoms with Crippen LogP contribution in [-0.4, -0.2) is 58.1 Å². The topological polar surface area (TPSA) is 110 Å². The summed E-state index contributed by atoms with van der Waals surface area (Å²) in [5.74, 6) is -0.242. The summed E-state index contributed by atoms with van der Waals surface area (Å²) in [6.07, 6.45) is 3.11. The molecule has 38 heavy (non-hydrogen) atoms. The number of methoxy groups -OCH3 is 1. The first-order valence-corrected chi connectivity index (χ1v) is 12.5. The van der Waals surface area contributed by atoms with E-state index in [4.69, 9.17) is 14.2 Å². The van der Waals surface area contributed by atoms with Crippen LogP contribution in [0.25, 0.3) is 12.4 Å². The van der Waals surface area contributed by atoms with Gasteiger partial charge in [0.1, 0.15) is 30.4 Å². The van der Waals surface area contributed by atoms with Crippen LogP contribution in [-0.2, 0) is 19.1 Å². The Bertz CT molecular complexity index is 1230. The molecule has 10 heteroatoms. The largest absolute Gasteiger partial charge is 0.491 e. The highest BCUT2D eigenvalue weighted by Crippen LogP contribution is 2.17. The van der Waals surface area contributed by atoms with Gasteiger partial charge in [0.15, 0.2) is 0 Å². The third kappa shape index (κ3) is 8.97. The summed E-state index contributed by atoms with van der Waals surface area (Å²) >= 11 is 0. The first-order valence-electron chi connectivity index (χ1n) is 12.5. The number of rotatable bonds is 12. The number of anilines is 2. The molecule has 9 nitrogen and oxygen atoms in total. The number of carbonyl (C=O) groups excluding carboxylic acids is 2. The lowest BCUT2D eigenvalue weighted by Crippen LogP contribution is -2.34. The van der Waals surface area contributed by atoms with Gasteiger partial charge in [-0.05, 0) is 61.2 Å². The first kappa shape index (κ1) is 28.8. The second kappa shape index (κ2) is 14.8. The van der Waals surface area contributed by atoms with E-state index in [0.29, 0.717) is 61.2 Å². The molecule has 0 aliphatic carbocycles. The Balaban J connectivity index is 1.61. The van der Waals surface area contributed by atoms with Gasteiger partial charge in [0.2, 0.25) is 11.8 Å². The molecular formula is C28H35FN4O5. The standard InChI is InChI=1S/C28H35FN4O5/c1-4-30-28(27-19(2)15-23(16-24(27)29)38-14-13-36-3)33-22-7-5-21(6-8-22)32-26(35)17-25(34)31-18-20-9-11-37-12-10-20/h4-8,15-16,20,33H,2,9-14,17-18H2,1,3H3,(H,31,34)(H,32,35)/b28-27-,30-4-.